The monoisotopic (exact) mass is 203 g/mol. The van der Waals surface area contributed by atoms with E-state index < -0.39 is 18.0 Å². The first-order valence-electron chi connectivity index (χ1n) is 3.90. The minimum Gasteiger partial charge on any atom is -0.387 e. The van der Waals surface area contributed by atoms with Gasteiger partial charge in [-0.3, -0.25) is 0 Å². The number of hydrogen-bond acceptors (Lipinski definition) is 2. The van der Waals surface area contributed by atoms with Crippen LogP contribution in [-0.2, 0) is 0 Å². The standard InChI is InChI=1S/C9H11ClFNO/c1-5(12)9(13)6-2-7(10)4-8(11)3-6/h2-5,9,13H,12H2,1H3/t5-,9-/m0/s1. The third-order valence-corrected chi connectivity index (χ3v) is 1.94. The van der Waals surface area contributed by atoms with Gasteiger partial charge in [-0.1, -0.05) is 11.6 Å². The fraction of sp³-hybridized carbons (Fsp3) is 0.333. The van der Waals surface area contributed by atoms with Crippen LogP contribution >= 0.6 is 11.6 Å². The highest BCUT2D eigenvalue weighted by Gasteiger charge is 2.13. The van der Waals surface area contributed by atoms with Crippen molar-refractivity contribution in [2.75, 3.05) is 0 Å². The smallest absolute Gasteiger partial charge is 0.125 e. The minimum absolute atomic E-state index is 0.259. The van der Waals surface area contributed by atoms with Crippen molar-refractivity contribution >= 4 is 11.6 Å². The van der Waals surface area contributed by atoms with Crippen molar-refractivity contribution in [1.29, 1.82) is 0 Å². The summed E-state index contributed by atoms with van der Waals surface area (Å²) in [6.07, 6.45) is -0.881. The van der Waals surface area contributed by atoms with Gasteiger partial charge in [0.05, 0.1) is 6.10 Å². The molecule has 0 aromatic heterocycles. The van der Waals surface area contributed by atoms with Crippen LogP contribution in [0.2, 0.25) is 5.02 Å². The summed E-state index contributed by atoms with van der Waals surface area (Å²) in [6.45, 7) is 1.64. The summed E-state index contributed by atoms with van der Waals surface area (Å²) in [7, 11) is 0. The Morgan fingerprint density at radius 1 is 1.46 bits per heavy atom. The van der Waals surface area contributed by atoms with Crippen molar-refractivity contribution in [3.63, 3.8) is 0 Å². The van der Waals surface area contributed by atoms with Crippen LogP contribution in [-0.4, -0.2) is 11.1 Å². The molecule has 0 radical (unpaired) electrons. The molecule has 72 valence electrons. The molecule has 0 aliphatic carbocycles. The molecule has 0 aliphatic rings. The predicted octanol–water partition coefficient (Wildman–Crippen LogP) is 1.86. The molecule has 0 saturated carbocycles. The van der Waals surface area contributed by atoms with E-state index in [2.05, 4.69) is 0 Å². The number of aliphatic hydroxyl groups is 1. The Hall–Kier alpha value is -0.640. The molecule has 0 heterocycles. The Labute approximate surface area is 81.1 Å². The lowest BCUT2D eigenvalue weighted by Crippen LogP contribution is -2.24. The molecular formula is C9H11ClFNO. The second-order valence-corrected chi connectivity index (χ2v) is 3.44. The topological polar surface area (TPSA) is 46.2 Å². The van der Waals surface area contributed by atoms with Crippen LogP contribution in [0.3, 0.4) is 0 Å². The zero-order valence-corrected chi connectivity index (χ0v) is 7.92. The first kappa shape index (κ1) is 10.4. The van der Waals surface area contributed by atoms with Crippen LogP contribution in [0, 0.1) is 5.82 Å². The summed E-state index contributed by atoms with van der Waals surface area (Å²) in [5, 5.41) is 9.76. The third-order valence-electron chi connectivity index (χ3n) is 1.72. The quantitative estimate of drug-likeness (QED) is 0.771. The van der Waals surface area contributed by atoms with Crippen molar-refractivity contribution in [2.24, 2.45) is 5.73 Å². The zero-order chi connectivity index (χ0) is 10.0. The van der Waals surface area contributed by atoms with Crippen LogP contribution < -0.4 is 5.73 Å². The molecule has 2 nitrogen and oxygen atoms in total. The lowest BCUT2D eigenvalue weighted by atomic mass is 10.0. The largest absolute Gasteiger partial charge is 0.387 e. The summed E-state index contributed by atoms with van der Waals surface area (Å²) < 4.78 is 12.8. The summed E-state index contributed by atoms with van der Waals surface area (Å²) in [4.78, 5) is 0. The van der Waals surface area contributed by atoms with Crippen molar-refractivity contribution in [2.45, 2.75) is 19.1 Å². The van der Waals surface area contributed by atoms with Crippen molar-refractivity contribution in [3.05, 3.63) is 34.6 Å². The lowest BCUT2D eigenvalue weighted by Gasteiger charge is -2.14. The second kappa shape index (κ2) is 4.05. The summed E-state index contributed by atoms with van der Waals surface area (Å²) >= 11 is 5.61. The van der Waals surface area contributed by atoms with Gasteiger partial charge in [-0.15, -0.1) is 0 Å². The van der Waals surface area contributed by atoms with E-state index in [0.29, 0.717) is 5.56 Å². The number of aliphatic hydroxyl groups excluding tert-OH is 1. The van der Waals surface area contributed by atoms with Crippen LogP contribution in [0.1, 0.15) is 18.6 Å². The number of rotatable bonds is 2. The molecule has 3 N–H and O–H groups in total. The van der Waals surface area contributed by atoms with E-state index in [9.17, 15) is 9.50 Å². The number of hydrogen-bond donors (Lipinski definition) is 2. The van der Waals surface area contributed by atoms with Gasteiger partial charge in [0.25, 0.3) is 0 Å². The molecule has 0 spiro atoms. The van der Waals surface area contributed by atoms with Crippen molar-refractivity contribution in [3.8, 4) is 0 Å². The number of nitrogens with two attached hydrogens (primary N) is 1. The Morgan fingerprint density at radius 2 is 2.08 bits per heavy atom. The van der Waals surface area contributed by atoms with Gasteiger partial charge < -0.3 is 10.8 Å². The second-order valence-electron chi connectivity index (χ2n) is 3.01. The Morgan fingerprint density at radius 3 is 2.54 bits per heavy atom. The van der Waals surface area contributed by atoms with Crippen molar-refractivity contribution in [1.82, 2.24) is 0 Å². The molecule has 0 unspecified atom stereocenters. The Kier molecular flexibility index (Phi) is 3.25. The van der Waals surface area contributed by atoms with Gasteiger partial charge in [-0.2, -0.15) is 0 Å². The van der Waals surface area contributed by atoms with Crippen LogP contribution in [0.25, 0.3) is 0 Å². The molecule has 0 saturated heterocycles. The fourth-order valence-electron chi connectivity index (χ4n) is 1.05. The van der Waals surface area contributed by atoms with E-state index in [-0.39, 0.29) is 5.02 Å². The van der Waals surface area contributed by atoms with Gasteiger partial charge in [-0.05, 0) is 30.7 Å². The highest BCUT2D eigenvalue weighted by atomic mass is 35.5. The number of benzene rings is 1. The van der Waals surface area contributed by atoms with Crippen LogP contribution in [0.15, 0.2) is 18.2 Å². The highest BCUT2D eigenvalue weighted by molar-refractivity contribution is 6.30. The van der Waals surface area contributed by atoms with E-state index in [1.165, 1.54) is 18.2 Å². The fourth-order valence-corrected chi connectivity index (χ4v) is 1.28. The van der Waals surface area contributed by atoms with Crippen LogP contribution in [0.5, 0.6) is 0 Å². The Balaban J connectivity index is 3.01. The van der Waals surface area contributed by atoms with E-state index in [1.54, 1.807) is 6.92 Å². The molecule has 13 heavy (non-hydrogen) atoms. The number of halogens is 2. The van der Waals surface area contributed by atoms with Gasteiger partial charge in [0.1, 0.15) is 5.82 Å². The lowest BCUT2D eigenvalue weighted by molar-refractivity contribution is 0.153. The van der Waals surface area contributed by atoms with Crippen LogP contribution in [0.4, 0.5) is 4.39 Å². The first-order chi connectivity index (χ1) is 6.00. The summed E-state index contributed by atoms with van der Waals surface area (Å²) in [5.74, 6) is -0.470. The highest BCUT2D eigenvalue weighted by Crippen LogP contribution is 2.21. The van der Waals surface area contributed by atoms with E-state index >= 15 is 0 Å². The molecular weight excluding hydrogens is 193 g/mol. The van der Waals surface area contributed by atoms with E-state index in [0.717, 1.165) is 0 Å². The maximum absolute atomic E-state index is 12.8. The predicted molar refractivity (Wildman–Crippen MR) is 50.0 cm³/mol. The zero-order valence-electron chi connectivity index (χ0n) is 7.17. The molecule has 0 amide bonds. The Bertz CT molecular complexity index is 283. The van der Waals surface area contributed by atoms with Gasteiger partial charge >= 0.3 is 0 Å². The third kappa shape index (κ3) is 2.66. The maximum Gasteiger partial charge on any atom is 0.125 e. The average molecular weight is 204 g/mol. The SMILES string of the molecule is C[C@H](N)[C@H](O)c1cc(F)cc(Cl)c1. The normalized spacial score (nSPS) is 15.5. The van der Waals surface area contributed by atoms with E-state index in [1.807, 2.05) is 0 Å². The summed E-state index contributed by atoms with van der Waals surface area (Å²) in [5.41, 5.74) is 5.86. The molecule has 0 aliphatic heterocycles. The molecule has 2 atom stereocenters. The van der Waals surface area contributed by atoms with E-state index in [4.69, 9.17) is 17.3 Å². The molecule has 1 rings (SSSR count). The minimum atomic E-state index is -0.881. The maximum atomic E-state index is 12.8. The molecule has 0 bridgehead atoms. The molecule has 1 aromatic rings. The molecule has 4 heteroatoms. The van der Waals surface area contributed by atoms with Gasteiger partial charge in [0.15, 0.2) is 0 Å². The summed E-state index contributed by atoms with van der Waals surface area (Å²) in [6, 6.07) is 3.45. The van der Waals surface area contributed by atoms with Gasteiger partial charge in [0.2, 0.25) is 0 Å². The van der Waals surface area contributed by atoms with Crippen molar-refractivity contribution < 1.29 is 9.50 Å². The molecule has 1 aromatic carbocycles. The first-order valence-corrected chi connectivity index (χ1v) is 4.28. The average Bonchev–Trinajstić information content (AvgIpc) is 2.01. The van der Waals surface area contributed by atoms with Gasteiger partial charge in [0, 0.05) is 11.1 Å². The van der Waals surface area contributed by atoms with Gasteiger partial charge in [-0.25, -0.2) is 4.39 Å². The molecule has 0 fully saturated rings.